The van der Waals surface area contributed by atoms with Gasteiger partial charge in [-0.3, -0.25) is 9.42 Å². The molecule has 0 spiro atoms. The predicted molar refractivity (Wildman–Crippen MR) is 165 cm³/mol. The van der Waals surface area contributed by atoms with Crippen LogP contribution in [-0.2, 0) is 53.1 Å². The second-order valence-electron chi connectivity index (χ2n) is 13.3. The van der Waals surface area contributed by atoms with E-state index in [1.807, 2.05) is 0 Å². The van der Waals surface area contributed by atoms with Crippen molar-refractivity contribution in [3.05, 3.63) is 122 Å². The minimum atomic E-state index is -5.47. The van der Waals surface area contributed by atoms with Gasteiger partial charge in [0.05, 0.1) is 28.4 Å². The van der Waals surface area contributed by atoms with Gasteiger partial charge in [-0.15, -0.1) is 0 Å². The minimum Gasteiger partial charge on any atom is -0.403 e. The Hall–Kier alpha value is -4.01. The Morgan fingerprint density at radius 2 is 1.19 bits per heavy atom. The van der Waals surface area contributed by atoms with Crippen LogP contribution in [0, 0.1) is 0 Å². The van der Waals surface area contributed by atoms with Crippen LogP contribution in [0.2, 0.25) is 0 Å². The largest absolute Gasteiger partial charge is 0.527 e. The minimum absolute atomic E-state index is 0.0418. The summed E-state index contributed by atoms with van der Waals surface area (Å²) in [5, 5.41) is 0. The molecule has 0 amide bonds. The molecule has 4 atom stereocenters. The van der Waals surface area contributed by atoms with Crippen LogP contribution in [0.15, 0.2) is 66.7 Å². The highest BCUT2D eigenvalue weighted by Crippen LogP contribution is 2.62. The van der Waals surface area contributed by atoms with Crippen LogP contribution in [0.5, 0.6) is 5.75 Å². The number of rotatable bonds is 2. The number of hydrogen-bond acceptors (Lipinski definition) is 3. The molecule has 0 fully saturated rings. The van der Waals surface area contributed by atoms with Crippen molar-refractivity contribution in [2.45, 2.75) is 74.7 Å². The fourth-order valence-electron chi connectivity index (χ4n) is 7.70. The van der Waals surface area contributed by atoms with Crippen LogP contribution in [0.25, 0.3) is 11.1 Å². The van der Waals surface area contributed by atoms with Crippen molar-refractivity contribution in [2.75, 3.05) is 0 Å². The van der Waals surface area contributed by atoms with Crippen molar-refractivity contribution in [3.63, 3.8) is 0 Å². The fraction of sp³-hybridized carbons (Fsp3) is 0.333. The number of aryl methyl sites for hydroxylation is 1. The van der Waals surface area contributed by atoms with E-state index < -0.39 is 95.2 Å². The molecule has 4 aromatic rings. The lowest BCUT2D eigenvalue weighted by molar-refractivity contribution is -0.144. The molecule has 0 radical (unpaired) electrons. The first-order valence-corrected chi connectivity index (χ1v) is 17.6. The van der Waals surface area contributed by atoms with Gasteiger partial charge in [0.15, 0.2) is 0 Å². The highest BCUT2D eigenvalue weighted by atomic mass is 31.2. The number of hydrogen-bond donors (Lipinski definition) is 1. The summed E-state index contributed by atoms with van der Waals surface area (Å²) >= 11 is 0. The maximum Gasteiger partial charge on any atom is 0.527 e. The summed E-state index contributed by atoms with van der Waals surface area (Å²) in [6.45, 7) is 0. The topological polar surface area (TPSA) is 55.8 Å². The van der Waals surface area contributed by atoms with Gasteiger partial charge in [-0.1, -0.05) is 24.3 Å². The number of phosphoric acid groups is 1. The third-order valence-corrected chi connectivity index (χ3v) is 10.8. The Labute approximate surface area is 293 Å². The van der Waals surface area contributed by atoms with Gasteiger partial charge >= 0.3 is 32.5 Å². The maximum absolute atomic E-state index is 14.0. The van der Waals surface area contributed by atoms with Crippen molar-refractivity contribution in [2.24, 2.45) is 0 Å². The summed E-state index contributed by atoms with van der Waals surface area (Å²) in [4.78, 5) is 11.2. The van der Waals surface area contributed by atoms with E-state index in [1.54, 1.807) is 24.3 Å². The zero-order valence-electron chi connectivity index (χ0n) is 26.8. The molecular formula is C36H25F12O4P. The van der Waals surface area contributed by atoms with Gasteiger partial charge < -0.3 is 4.52 Å². The molecule has 0 saturated heterocycles. The lowest BCUT2D eigenvalue weighted by Gasteiger charge is -2.40. The standard InChI is InChI=1S/C36H25F12O4P/c37-33(38,39)21-9-19(10-22(15-21)34(40,41)42)27-13-17-5-1-3-7-25(17)29-30-26-8-4-2-6-18(26)14-28(32(30)52-53(49,50)51-31(27)29)20-11-23(35(43,44)45)16-24(12-20)36(46,47)48/h1,3,5,7,9-12,14-16,27,29,31H,2,4,6,8,13H2,(H,49,50)/t27-,29+,31+/m0/s1. The van der Waals surface area contributed by atoms with Gasteiger partial charge in [-0.25, -0.2) is 4.57 Å². The molecular weight excluding hydrogens is 755 g/mol. The van der Waals surface area contributed by atoms with E-state index in [2.05, 4.69) is 0 Å². The number of halogens is 12. The molecule has 1 N–H and O–H groups in total. The molecule has 53 heavy (non-hydrogen) atoms. The highest BCUT2D eigenvalue weighted by molar-refractivity contribution is 7.47. The van der Waals surface area contributed by atoms with E-state index in [9.17, 15) is 62.1 Å². The molecule has 0 aromatic heterocycles. The normalized spacial score (nSPS) is 23.2. The van der Waals surface area contributed by atoms with Gasteiger partial charge in [-0.2, -0.15) is 52.7 Å². The number of phosphoric ester groups is 1. The fourth-order valence-corrected chi connectivity index (χ4v) is 8.75. The zero-order valence-corrected chi connectivity index (χ0v) is 27.7. The summed E-state index contributed by atoms with van der Waals surface area (Å²) in [5.74, 6) is -3.32. The first-order valence-electron chi connectivity index (χ1n) is 16.1. The van der Waals surface area contributed by atoms with Crippen molar-refractivity contribution < 1.29 is 71.2 Å². The van der Waals surface area contributed by atoms with Crippen molar-refractivity contribution in [1.82, 2.24) is 0 Å². The van der Waals surface area contributed by atoms with Crippen molar-refractivity contribution in [1.29, 1.82) is 0 Å². The lowest BCUT2D eigenvalue weighted by Crippen LogP contribution is -2.35. The van der Waals surface area contributed by atoms with Gasteiger partial charge in [0, 0.05) is 23.0 Å². The van der Waals surface area contributed by atoms with E-state index in [0.717, 1.165) is 0 Å². The number of fused-ring (bicyclic) bond motifs is 7. The van der Waals surface area contributed by atoms with Gasteiger partial charge in [-0.05, 0) is 108 Å². The molecule has 0 bridgehead atoms. The third kappa shape index (κ3) is 7.05. The SMILES string of the molecule is O=P1(O)Oc2c(-c3cc(C(F)(F)F)cc(C(F)(F)F)c3)cc3c(c2[C@H]2c4ccccc4C[C@@H](c4cc(C(F)(F)F)cc(C(F)(F)F)c4)[C@H]2O1)CCCC3. The van der Waals surface area contributed by atoms with E-state index in [1.165, 1.54) is 6.07 Å². The molecule has 7 rings (SSSR count). The molecule has 282 valence electrons. The zero-order chi connectivity index (χ0) is 38.5. The highest BCUT2D eigenvalue weighted by Gasteiger charge is 2.50. The monoisotopic (exact) mass is 780 g/mol. The summed E-state index contributed by atoms with van der Waals surface area (Å²) in [6.07, 6.45) is -21.3. The lowest BCUT2D eigenvalue weighted by atomic mass is 9.67. The summed E-state index contributed by atoms with van der Waals surface area (Å²) in [6, 6.07) is 9.25. The Kier molecular flexibility index (Phi) is 8.82. The van der Waals surface area contributed by atoms with Gasteiger partial charge in [0.25, 0.3) is 0 Å². The third-order valence-electron chi connectivity index (χ3n) is 9.91. The smallest absolute Gasteiger partial charge is 0.403 e. The van der Waals surface area contributed by atoms with Crippen LogP contribution in [0.4, 0.5) is 52.7 Å². The number of alkyl halides is 12. The Balaban J connectivity index is 1.55. The molecule has 4 nitrogen and oxygen atoms in total. The Bertz CT molecular complexity index is 2090. The van der Waals surface area contributed by atoms with E-state index in [0.29, 0.717) is 59.4 Å². The van der Waals surface area contributed by atoms with Crippen LogP contribution in [-0.4, -0.2) is 11.0 Å². The van der Waals surface area contributed by atoms with Crippen molar-refractivity contribution in [3.8, 4) is 16.9 Å². The first kappa shape index (κ1) is 37.3. The quantitative estimate of drug-likeness (QED) is 0.163. The van der Waals surface area contributed by atoms with Crippen LogP contribution in [0.3, 0.4) is 0 Å². The Morgan fingerprint density at radius 1 is 0.660 bits per heavy atom. The summed E-state index contributed by atoms with van der Waals surface area (Å²) < 4.78 is 193. The average Bonchev–Trinajstić information content (AvgIpc) is 3.18. The summed E-state index contributed by atoms with van der Waals surface area (Å²) in [7, 11) is -5.47. The molecule has 1 heterocycles. The van der Waals surface area contributed by atoms with Crippen LogP contribution < -0.4 is 4.52 Å². The summed E-state index contributed by atoms with van der Waals surface area (Å²) in [5.41, 5.74) is -6.47. The molecule has 0 saturated carbocycles. The van der Waals surface area contributed by atoms with Gasteiger partial charge in [0.2, 0.25) is 0 Å². The predicted octanol–water partition coefficient (Wildman–Crippen LogP) is 11.7. The average molecular weight is 781 g/mol. The van der Waals surface area contributed by atoms with Crippen molar-refractivity contribution >= 4 is 7.82 Å². The van der Waals surface area contributed by atoms with Crippen LogP contribution in [0.1, 0.15) is 80.3 Å². The number of benzene rings is 4. The van der Waals surface area contributed by atoms with E-state index >= 15 is 0 Å². The molecule has 2 aliphatic carbocycles. The van der Waals surface area contributed by atoms with E-state index in [-0.39, 0.29) is 37.0 Å². The first-order chi connectivity index (χ1) is 24.5. The van der Waals surface area contributed by atoms with Crippen LogP contribution >= 0.6 is 7.82 Å². The Morgan fingerprint density at radius 3 is 1.75 bits per heavy atom. The molecule has 1 unspecified atom stereocenters. The second kappa shape index (κ2) is 12.5. The second-order valence-corrected chi connectivity index (χ2v) is 14.6. The van der Waals surface area contributed by atoms with E-state index in [4.69, 9.17) is 9.05 Å². The molecule has 3 aliphatic rings. The maximum atomic E-state index is 14.0. The molecule has 4 aromatic carbocycles. The molecule has 17 heteroatoms. The molecule has 1 aliphatic heterocycles. The van der Waals surface area contributed by atoms with Gasteiger partial charge in [0.1, 0.15) is 5.75 Å².